The van der Waals surface area contributed by atoms with Crippen molar-refractivity contribution < 1.29 is 22.7 Å². The van der Waals surface area contributed by atoms with Gasteiger partial charge in [0, 0.05) is 11.8 Å². The number of amides is 1. The van der Waals surface area contributed by atoms with Crippen LogP contribution in [0.3, 0.4) is 0 Å². The van der Waals surface area contributed by atoms with Crippen LogP contribution in [0.25, 0.3) is 0 Å². The lowest BCUT2D eigenvalue weighted by molar-refractivity contribution is -0.117. The second-order valence-electron chi connectivity index (χ2n) is 5.72. The van der Waals surface area contributed by atoms with E-state index in [-0.39, 0.29) is 10.6 Å². The Labute approximate surface area is 153 Å². The van der Waals surface area contributed by atoms with Gasteiger partial charge in [-0.1, -0.05) is 12.1 Å². The van der Waals surface area contributed by atoms with Crippen molar-refractivity contribution in [1.29, 1.82) is 0 Å². The van der Waals surface area contributed by atoms with Gasteiger partial charge in [-0.15, -0.1) is 0 Å². The van der Waals surface area contributed by atoms with Crippen molar-refractivity contribution in [2.45, 2.75) is 24.8 Å². The molecule has 2 rings (SSSR count). The highest BCUT2D eigenvalue weighted by molar-refractivity contribution is 7.89. The Hall–Kier alpha value is -2.58. The Balaban J connectivity index is 2.14. The van der Waals surface area contributed by atoms with E-state index < -0.39 is 22.0 Å². The standard InChI is InChI=1S/C18H22N2O5S/c1-12-6-5-7-14(10-12)19-18(21)13(2)20-26(22,23)15-8-9-16(24-3)17(11-15)25-4/h5-11,13,20H,1-4H3,(H,19,21)/t13-/m1/s1. The van der Waals surface area contributed by atoms with Gasteiger partial charge < -0.3 is 14.8 Å². The highest BCUT2D eigenvalue weighted by atomic mass is 32.2. The summed E-state index contributed by atoms with van der Waals surface area (Å²) < 4.78 is 37.6. The van der Waals surface area contributed by atoms with Crippen LogP contribution in [-0.4, -0.2) is 34.6 Å². The van der Waals surface area contributed by atoms with Crippen molar-refractivity contribution in [1.82, 2.24) is 4.72 Å². The average molecular weight is 378 g/mol. The topological polar surface area (TPSA) is 93.7 Å². The van der Waals surface area contributed by atoms with Gasteiger partial charge in [0.25, 0.3) is 0 Å². The summed E-state index contributed by atoms with van der Waals surface area (Å²) >= 11 is 0. The van der Waals surface area contributed by atoms with E-state index in [0.717, 1.165) is 5.56 Å². The molecular weight excluding hydrogens is 356 g/mol. The Morgan fingerprint density at radius 3 is 2.35 bits per heavy atom. The van der Waals surface area contributed by atoms with Gasteiger partial charge in [-0.05, 0) is 43.7 Å². The van der Waals surface area contributed by atoms with Crippen molar-refractivity contribution >= 4 is 21.6 Å². The molecular formula is C18H22N2O5S. The second-order valence-corrected chi connectivity index (χ2v) is 7.43. The summed E-state index contributed by atoms with van der Waals surface area (Å²) in [6, 6.07) is 10.5. The predicted octanol–water partition coefficient (Wildman–Crippen LogP) is 2.32. The van der Waals surface area contributed by atoms with E-state index in [9.17, 15) is 13.2 Å². The fourth-order valence-corrected chi connectivity index (χ4v) is 3.53. The van der Waals surface area contributed by atoms with E-state index in [1.807, 2.05) is 19.1 Å². The highest BCUT2D eigenvalue weighted by Gasteiger charge is 2.23. The van der Waals surface area contributed by atoms with Gasteiger partial charge in [0.1, 0.15) is 0 Å². The Morgan fingerprint density at radius 2 is 1.73 bits per heavy atom. The molecule has 7 nitrogen and oxygen atoms in total. The lowest BCUT2D eigenvalue weighted by Crippen LogP contribution is -2.41. The van der Waals surface area contributed by atoms with Crippen molar-refractivity contribution in [2.24, 2.45) is 0 Å². The Morgan fingerprint density at radius 1 is 1.04 bits per heavy atom. The summed E-state index contributed by atoms with van der Waals surface area (Å²) in [5.41, 5.74) is 1.59. The van der Waals surface area contributed by atoms with Gasteiger partial charge in [0.15, 0.2) is 11.5 Å². The van der Waals surface area contributed by atoms with Gasteiger partial charge in [0.2, 0.25) is 15.9 Å². The molecule has 0 saturated heterocycles. The number of anilines is 1. The summed E-state index contributed by atoms with van der Waals surface area (Å²) in [7, 11) is -1.03. The number of ether oxygens (including phenoxy) is 2. The van der Waals surface area contributed by atoms with E-state index in [4.69, 9.17) is 9.47 Å². The zero-order chi connectivity index (χ0) is 19.3. The van der Waals surface area contributed by atoms with Gasteiger partial charge in [-0.2, -0.15) is 4.72 Å². The molecule has 8 heteroatoms. The molecule has 140 valence electrons. The molecule has 1 amide bonds. The summed E-state index contributed by atoms with van der Waals surface area (Å²) in [6.07, 6.45) is 0. The normalized spacial score (nSPS) is 12.3. The molecule has 0 aliphatic carbocycles. The first-order chi connectivity index (χ1) is 12.3. The van der Waals surface area contributed by atoms with Crippen molar-refractivity contribution in [3.63, 3.8) is 0 Å². The first-order valence-corrected chi connectivity index (χ1v) is 9.37. The number of carbonyl (C=O) groups is 1. The maximum Gasteiger partial charge on any atom is 0.242 e. The maximum atomic E-state index is 12.5. The maximum absolute atomic E-state index is 12.5. The lowest BCUT2D eigenvalue weighted by Gasteiger charge is -2.16. The van der Waals surface area contributed by atoms with Crippen LogP contribution >= 0.6 is 0 Å². The van der Waals surface area contributed by atoms with Crippen molar-refractivity contribution in [3.8, 4) is 11.5 Å². The summed E-state index contributed by atoms with van der Waals surface area (Å²) in [4.78, 5) is 12.3. The van der Waals surface area contributed by atoms with Crippen LogP contribution < -0.4 is 19.5 Å². The zero-order valence-corrected chi connectivity index (χ0v) is 15.9. The third-order valence-corrected chi connectivity index (χ3v) is 5.21. The van der Waals surface area contributed by atoms with E-state index in [2.05, 4.69) is 10.0 Å². The Kier molecular flexibility index (Phi) is 6.23. The quantitative estimate of drug-likeness (QED) is 0.771. The molecule has 0 radical (unpaired) electrons. The van der Waals surface area contributed by atoms with Crippen LogP contribution in [0.1, 0.15) is 12.5 Å². The van der Waals surface area contributed by atoms with Crippen molar-refractivity contribution in [3.05, 3.63) is 48.0 Å². The minimum absolute atomic E-state index is 0.0228. The lowest BCUT2D eigenvalue weighted by atomic mass is 10.2. The largest absolute Gasteiger partial charge is 0.493 e. The molecule has 26 heavy (non-hydrogen) atoms. The third kappa shape index (κ3) is 4.74. The minimum atomic E-state index is -3.91. The number of benzene rings is 2. The fourth-order valence-electron chi connectivity index (χ4n) is 2.31. The number of carbonyl (C=O) groups excluding carboxylic acids is 1. The molecule has 0 heterocycles. The molecule has 0 unspecified atom stereocenters. The molecule has 0 fully saturated rings. The number of aryl methyl sites for hydroxylation is 1. The van der Waals surface area contributed by atoms with Crippen LogP contribution in [0.5, 0.6) is 11.5 Å². The van der Waals surface area contributed by atoms with Gasteiger partial charge in [-0.25, -0.2) is 8.42 Å². The van der Waals surface area contributed by atoms with Gasteiger partial charge in [-0.3, -0.25) is 4.79 Å². The summed E-state index contributed by atoms with van der Waals surface area (Å²) in [5, 5.41) is 2.69. The number of hydrogen-bond acceptors (Lipinski definition) is 5. The van der Waals surface area contributed by atoms with Crippen LogP contribution in [0.2, 0.25) is 0 Å². The molecule has 2 aromatic carbocycles. The molecule has 0 spiro atoms. The predicted molar refractivity (Wildman–Crippen MR) is 99.1 cm³/mol. The number of nitrogens with one attached hydrogen (secondary N) is 2. The Bertz CT molecular complexity index is 896. The summed E-state index contributed by atoms with van der Waals surface area (Å²) in [5.74, 6) is 0.239. The molecule has 1 atom stereocenters. The summed E-state index contributed by atoms with van der Waals surface area (Å²) in [6.45, 7) is 3.38. The SMILES string of the molecule is COc1ccc(S(=O)(=O)N[C@H](C)C(=O)Nc2cccc(C)c2)cc1OC. The number of hydrogen-bond donors (Lipinski definition) is 2. The van der Waals surface area contributed by atoms with E-state index >= 15 is 0 Å². The monoisotopic (exact) mass is 378 g/mol. The van der Waals surface area contributed by atoms with Crippen molar-refractivity contribution in [2.75, 3.05) is 19.5 Å². The molecule has 0 aliphatic heterocycles. The molecule has 2 aromatic rings. The van der Waals surface area contributed by atoms with Gasteiger partial charge >= 0.3 is 0 Å². The highest BCUT2D eigenvalue weighted by Crippen LogP contribution is 2.29. The van der Waals surface area contributed by atoms with E-state index in [1.165, 1.54) is 39.3 Å². The first-order valence-electron chi connectivity index (χ1n) is 7.88. The average Bonchev–Trinajstić information content (AvgIpc) is 2.60. The van der Waals surface area contributed by atoms with Crippen LogP contribution in [0, 0.1) is 6.92 Å². The second kappa shape index (κ2) is 8.20. The molecule has 2 N–H and O–H groups in total. The van der Waals surface area contributed by atoms with E-state index in [1.54, 1.807) is 12.1 Å². The number of sulfonamides is 1. The molecule has 0 aromatic heterocycles. The minimum Gasteiger partial charge on any atom is -0.493 e. The van der Waals surface area contributed by atoms with E-state index in [0.29, 0.717) is 11.4 Å². The van der Waals surface area contributed by atoms with Crippen LogP contribution in [0.15, 0.2) is 47.4 Å². The zero-order valence-electron chi connectivity index (χ0n) is 15.1. The first kappa shape index (κ1) is 19.7. The number of methoxy groups -OCH3 is 2. The molecule has 0 saturated carbocycles. The van der Waals surface area contributed by atoms with Crippen LogP contribution in [0.4, 0.5) is 5.69 Å². The van der Waals surface area contributed by atoms with Gasteiger partial charge in [0.05, 0.1) is 25.2 Å². The third-order valence-electron chi connectivity index (χ3n) is 3.68. The van der Waals surface area contributed by atoms with Crippen LogP contribution in [-0.2, 0) is 14.8 Å². The molecule has 0 aliphatic rings. The molecule has 0 bridgehead atoms. The fraction of sp³-hybridized carbons (Fsp3) is 0.278. The smallest absolute Gasteiger partial charge is 0.242 e. The number of rotatable bonds is 7.